The molecule has 0 aromatic carbocycles. The Bertz CT molecular complexity index is 235. The molecule has 1 fully saturated rings. The Hall–Kier alpha value is -0.870. The van der Waals surface area contributed by atoms with Crippen LogP contribution >= 0.6 is 0 Å². The van der Waals surface area contributed by atoms with Gasteiger partial charge in [0.2, 0.25) is 5.91 Å². The molecule has 0 saturated carbocycles. The van der Waals surface area contributed by atoms with Crippen LogP contribution in [-0.4, -0.2) is 30.7 Å². The fourth-order valence-electron chi connectivity index (χ4n) is 1.71. The Morgan fingerprint density at radius 2 is 2.53 bits per heavy atom. The van der Waals surface area contributed by atoms with Crippen LogP contribution in [-0.2, 0) is 9.53 Å². The predicted molar refractivity (Wildman–Crippen MR) is 59.4 cm³/mol. The predicted octanol–water partition coefficient (Wildman–Crippen LogP) is 0.575. The molecule has 2 unspecified atom stereocenters. The summed E-state index contributed by atoms with van der Waals surface area (Å²) < 4.78 is 5.35. The molecule has 0 radical (unpaired) electrons. The van der Waals surface area contributed by atoms with Crippen molar-refractivity contribution in [1.29, 1.82) is 0 Å². The van der Waals surface area contributed by atoms with Gasteiger partial charge in [-0.2, -0.15) is 0 Å². The molecular formula is C11H20N2O2. The Labute approximate surface area is 90.9 Å². The Morgan fingerprint density at radius 1 is 1.80 bits per heavy atom. The van der Waals surface area contributed by atoms with Crippen LogP contribution in [0, 0.1) is 0 Å². The molecule has 1 amide bonds. The molecule has 0 aromatic rings. The van der Waals surface area contributed by atoms with Crippen LogP contribution in [0.25, 0.3) is 0 Å². The van der Waals surface area contributed by atoms with Gasteiger partial charge in [-0.3, -0.25) is 4.79 Å². The van der Waals surface area contributed by atoms with E-state index in [1.54, 1.807) is 6.08 Å². The minimum absolute atomic E-state index is 0.122. The van der Waals surface area contributed by atoms with E-state index in [4.69, 9.17) is 10.5 Å². The quantitative estimate of drug-likeness (QED) is 0.670. The summed E-state index contributed by atoms with van der Waals surface area (Å²) in [5.74, 6) is -0.122. The highest BCUT2D eigenvalue weighted by molar-refractivity contribution is 5.82. The molecule has 0 aromatic heterocycles. The van der Waals surface area contributed by atoms with Gasteiger partial charge in [-0.1, -0.05) is 6.08 Å². The summed E-state index contributed by atoms with van der Waals surface area (Å²) in [6.45, 7) is 6.90. The van der Waals surface area contributed by atoms with E-state index in [0.29, 0.717) is 13.0 Å². The van der Waals surface area contributed by atoms with E-state index >= 15 is 0 Å². The SMILES string of the molecule is C=CCC(N)C(=O)NC1(C)CCCOC1. The van der Waals surface area contributed by atoms with Gasteiger partial charge in [-0.25, -0.2) is 0 Å². The zero-order valence-electron chi connectivity index (χ0n) is 9.29. The van der Waals surface area contributed by atoms with Gasteiger partial charge in [0.25, 0.3) is 0 Å². The molecule has 2 atom stereocenters. The maximum atomic E-state index is 11.7. The summed E-state index contributed by atoms with van der Waals surface area (Å²) in [4.78, 5) is 11.7. The van der Waals surface area contributed by atoms with Gasteiger partial charge >= 0.3 is 0 Å². The molecule has 4 heteroatoms. The number of nitrogens with one attached hydrogen (secondary N) is 1. The lowest BCUT2D eigenvalue weighted by molar-refractivity contribution is -0.125. The molecule has 4 nitrogen and oxygen atoms in total. The van der Waals surface area contributed by atoms with Crippen LogP contribution in [0.3, 0.4) is 0 Å². The number of rotatable bonds is 4. The van der Waals surface area contributed by atoms with Crippen molar-refractivity contribution in [2.45, 2.75) is 37.8 Å². The largest absolute Gasteiger partial charge is 0.379 e. The Kier molecular flexibility index (Phi) is 4.29. The van der Waals surface area contributed by atoms with Crippen molar-refractivity contribution in [2.24, 2.45) is 5.73 Å². The maximum absolute atomic E-state index is 11.7. The second-order valence-electron chi connectivity index (χ2n) is 4.34. The first-order valence-electron chi connectivity index (χ1n) is 5.34. The Balaban J connectivity index is 2.44. The first-order valence-corrected chi connectivity index (χ1v) is 5.34. The van der Waals surface area contributed by atoms with Gasteiger partial charge in [0.1, 0.15) is 0 Å². The number of ether oxygens (including phenoxy) is 1. The van der Waals surface area contributed by atoms with E-state index < -0.39 is 6.04 Å². The van der Waals surface area contributed by atoms with Crippen molar-refractivity contribution in [2.75, 3.05) is 13.2 Å². The van der Waals surface area contributed by atoms with Crippen molar-refractivity contribution in [1.82, 2.24) is 5.32 Å². The summed E-state index contributed by atoms with van der Waals surface area (Å²) in [7, 11) is 0. The highest BCUT2D eigenvalue weighted by atomic mass is 16.5. The van der Waals surface area contributed by atoms with Crippen molar-refractivity contribution >= 4 is 5.91 Å². The van der Waals surface area contributed by atoms with Gasteiger partial charge < -0.3 is 15.8 Å². The van der Waals surface area contributed by atoms with E-state index in [0.717, 1.165) is 19.4 Å². The number of nitrogens with two attached hydrogens (primary N) is 1. The average molecular weight is 212 g/mol. The highest BCUT2D eigenvalue weighted by Crippen LogP contribution is 2.18. The average Bonchev–Trinajstić information content (AvgIpc) is 2.18. The van der Waals surface area contributed by atoms with Crippen molar-refractivity contribution in [3.05, 3.63) is 12.7 Å². The number of carbonyl (C=O) groups is 1. The minimum Gasteiger partial charge on any atom is -0.379 e. The van der Waals surface area contributed by atoms with Gasteiger partial charge in [-0.05, 0) is 26.2 Å². The van der Waals surface area contributed by atoms with E-state index in [1.807, 2.05) is 6.92 Å². The van der Waals surface area contributed by atoms with Crippen LogP contribution in [0.4, 0.5) is 0 Å². The van der Waals surface area contributed by atoms with Crippen LogP contribution in [0.1, 0.15) is 26.2 Å². The molecule has 1 aliphatic rings. The highest BCUT2D eigenvalue weighted by Gasteiger charge is 2.30. The van der Waals surface area contributed by atoms with Crippen LogP contribution in [0.5, 0.6) is 0 Å². The van der Waals surface area contributed by atoms with Crippen molar-refractivity contribution in [3.8, 4) is 0 Å². The molecule has 1 saturated heterocycles. The number of hydrogen-bond donors (Lipinski definition) is 2. The van der Waals surface area contributed by atoms with Crippen LogP contribution < -0.4 is 11.1 Å². The first kappa shape index (κ1) is 12.2. The summed E-state index contributed by atoms with van der Waals surface area (Å²) in [5.41, 5.74) is 5.42. The summed E-state index contributed by atoms with van der Waals surface area (Å²) >= 11 is 0. The normalized spacial score (nSPS) is 28.1. The number of amides is 1. The lowest BCUT2D eigenvalue weighted by atomic mass is 9.94. The van der Waals surface area contributed by atoms with Crippen LogP contribution in [0.2, 0.25) is 0 Å². The monoisotopic (exact) mass is 212 g/mol. The van der Waals surface area contributed by atoms with Crippen LogP contribution in [0.15, 0.2) is 12.7 Å². The van der Waals surface area contributed by atoms with Gasteiger partial charge in [0.15, 0.2) is 0 Å². The summed E-state index contributed by atoms with van der Waals surface area (Å²) in [5, 5.41) is 2.94. The number of hydrogen-bond acceptors (Lipinski definition) is 3. The second kappa shape index (κ2) is 5.28. The Morgan fingerprint density at radius 3 is 3.07 bits per heavy atom. The molecule has 15 heavy (non-hydrogen) atoms. The smallest absolute Gasteiger partial charge is 0.237 e. The van der Waals surface area contributed by atoms with Gasteiger partial charge in [-0.15, -0.1) is 6.58 Å². The topological polar surface area (TPSA) is 64.4 Å². The van der Waals surface area contributed by atoms with Gasteiger partial charge in [0.05, 0.1) is 18.2 Å². The zero-order chi connectivity index (χ0) is 11.3. The molecule has 1 heterocycles. The fraction of sp³-hybridized carbons (Fsp3) is 0.727. The minimum atomic E-state index is -0.499. The lowest BCUT2D eigenvalue weighted by Crippen LogP contribution is -2.55. The lowest BCUT2D eigenvalue weighted by Gasteiger charge is -2.35. The molecule has 3 N–H and O–H groups in total. The zero-order valence-corrected chi connectivity index (χ0v) is 9.29. The molecule has 0 bridgehead atoms. The van der Waals surface area contributed by atoms with Gasteiger partial charge in [0, 0.05) is 6.61 Å². The molecule has 0 spiro atoms. The van der Waals surface area contributed by atoms with E-state index in [2.05, 4.69) is 11.9 Å². The molecule has 1 aliphatic heterocycles. The molecule has 1 rings (SSSR count). The fourth-order valence-corrected chi connectivity index (χ4v) is 1.71. The number of carbonyl (C=O) groups excluding carboxylic acids is 1. The second-order valence-corrected chi connectivity index (χ2v) is 4.34. The van der Waals surface area contributed by atoms with Crippen molar-refractivity contribution < 1.29 is 9.53 Å². The third kappa shape index (κ3) is 3.64. The first-order chi connectivity index (χ1) is 7.07. The third-order valence-corrected chi connectivity index (χ3v) is 2.62. The molecular weight excluding hydrogens is 192 g/mol. The summed E-state index contributed by atoms with van der Waals surface area (Å²) in [6, 6.07) is -0.499. The summed E-state index contributed by atoms with van der Waals surface area (Å²) in [6.07, 6.45) is 4.08. The molecule has 0 aliphatic carbocycles. The van der Waals surface area contributed by atoms with E-state index in [9.17, 15) is 4.79 Å². The van der Waals surface area contributed by atoms with E-state index in [1.165, 1.54) is 0 Å². The van der Waals surface area contributed by atoms with E-state index in [-0.39, 0.29) is 11.4 Å². The third-order valence-electron chi connectivity index (χ3n) is 2.62. The maximum Gasteiger partial charge on any atom is 0.237 e. The molecule has 86 valence electrons. The van der Waals surface area contributed by atoms with Crippen molar-refractivity contribution in [3.63, 3.8) is 0 Å². The standard InChI is InChI=1S/C11H20N2O2/c1-3-5-9(12)10(14)13-11(2)6-4-7-15-8-11/h3,9H,1,4-8,12H2,2H3,(H,13,14).